The average molecular weight is 521 g/mol. The van der Waals surface area contributed by atoms with E-state index in [9.17, 15) is 30.8 Å². The fraction of sp³-hybridized carbons (Fsp3) is 0.167. The van der Waals surface area contributed by atoms with Crippen molar-refractivity contribution in [1.82, 2.24) is 15.0 Å². The summed E-state index contributed by atoms with van der Waals surface area (Å²) in [7, 11) is -4.21. The van der Waals surface area contributed by atoms with E-state index in [0.717, 1.165) is 30.5 Å². The molecule has 1 atom stereocenters. The standard InChI is InChI=1S/C24H19F4N3O4S/c1-14(31-36(33,34)22-11-17-10-19(25)6-8-21(17)35-22)23(32)30-12-15-3-2-4-16(9-15)20-7-5-18(13-29-20)24(26,27)28/h2-11,13-14,31H,12H2,1H3,(H,30,32)/t14-/m0/s1. The highest BCUT2D eigenvalue weighted by molar-refractivity contribution is 7.89. The molecule has 1 amide bonds. The first-order valence-electron chi connectivity index (χ1n) is 10.5. The van der Waals surface area contributed by atoms with Gasteiger partial charge in [0.15, 0.2) is 0 Å². The lowest BCUT2D eigenvalue weighted by Crippen LogP contribution is -2.44. The number of nitrogens with zero attached hydrogens (tertiary/aromatic N) is 1. The molecule has 2 N–H and O–H groups in total. The quantitative estimate of drug-likeness (QED) is 0.345. The number of benzene rings is 2. The number of hydrogen-bond donors (Lipinski definition) is 2. The van der Waals surface area contributed by atoms with E-state index in [1.807, 2.05) is 0 Å². The molecule has 2 aromatic heterocycles. The summed E-state index contributed by atoms with van der Waals surface area (Å²) in [5.74, 6) is -1.18. The summed E-state index contributed by atoms with van der Waals surface area (Å²) in [5.41, 5.74) is 0.808. The Morgan fingerprint density at radius 3 is 2.56 bits per heavy atom. The molecule has 4 aromatic rings. The minimum atomic E-state index is -4.49. The summed E-state index contributed by atoms with van der Waals surface area (Å²) in [6.07, 6.45) is -3.74. The predicted octanol–water partition coefficient (Wildman–Crippen LogP) is 4.64. The first-order chi connectivity index (χ1) is 16.9. The van der Waals surface area contributed by atoms with Crippen LogP contribution in [0.25, 0.3) is 22.2 Å². The van der Waals surface area contributed by atoms with E-state index in [-0.39, 0.29) is 17.5 Å². The summed E-state index contributed by atoms with van der Waals surface area (Å²) in [4.78, 5) is 16.3. The minimum absolute atomic E-state index is 0.0310. The lowest BCUT2D eigenvalue weighted by molar-refractivity contribution is -0.137. The van der Waals surface area contributed by atoms with Crippen LogP contribution in [0.3, 0.4) is 0 Å². The summed E-state index contributed by atoms with van der Waals surface area (Å²) in [6, 6.07) is 12.4. The second-order valence-electron chi connectivity index (χ2n) is 7.94. The van der Waals surface area contributed by atoms with Gasteiger partial charge in [-0.1, -0.05) is 18.2 Å². The van der Waals surface area contributed by atoms with Crippen molar-refractivity contribution in [1.29, 1.82) is 0 Å². The molecule has 0 spiro atoms. The van der Waals surface area contributed by atoms with Crippen molar-refractivity contribution in [2.75, 3.05) is 0 Å². The van der Waals surface area contributed by atoms with Crippen LogP contribution < -0.4 is 10.0 Å². The molecule has 4 rings (SSSR count). The molecule has 0 unspecified atom stereocenters. The van der Waals surface area contributed by atoms with Gasteiger partial charge >= 0.3 is 6.18 Å². The highest BCUT2D eigenvalue weighted by Gasteiger charge is 2.30. The number of carbonyl (C=O) groups excluding carboxylic acids is 1. The van der Waals surface area contributed by atoms with Gasteiger partial charge in [-0.2, -0.15) is 17.9 Å². The molecule has 36 heavy (non-hydrogen) atoms. The monoisotopic (exact) mass is 521 g/mol. The lowest BCUT2D eigenvalue weighted by atomic mass is 10.1. The van der Waals surface area contributed by atoms with Crippen LogP contribution in [0, 0.1) is 5.82 Å². The zero-order valence-corrected chi connectivity index (χ0v) is 19.5. The highest BCUT2D eigenvalue weighted by atomic mass is 32.2. The summed E-state index contributed by atoms with van der Waals surface area (Å²) in [6.45, 7) is 1.38. The van der Waals surface area contributed by atoms with Gasteiger partial charge in [0.1, 0.15) is 11.4 Å². The minimum Gasteiger partial charge on any atom is -0.443 e. The Morgan fingerprint density at radius 1 is 1.08 bits per heavy atom. The predicted molar refractivity (Wildman–Crippen MR) is 122 cm³/mol. The number of rotatable bonds is 7. The number of halogens is 4. The van der Waals surface area contributed by atoms with Crippen LogP contribution in [0.5, 0.6) is 0 Å². The molecule has 0 bridgehead atoms. The fourth-order valence-electron chi connectivity index (χ4n) is 3.38. The third-order valence-corrected chi connectivity index (χ3v) is 6.62. The molecule has 0 aliphatic heterocycles. The van der Waals surface area contributed by atoms with Crippen molar-refractivity contribution in [3.8, 4) is 11.3 Å². The maximum atomic E-state index is 13.4. The smallest absolute Gasteiger partial charge is 0.417 e. The molecule has 0 saturated heterocycles. The number of fused-ring (bicyclic) bond motifs is 1. The third-order valence-electron chi connectivity index (χ3n) is 5.23. The van der Waals surface area contributed by atoms with Crippen LogP contribution in [0.15, 0.2) is 76.4 Å². The van der Waals surface area contributed by atoms with E-state index in [1.54, 1.807) is 24.3 Å². The number of sulfonamides is 1. The van der Waals surface area contributed by atoms with Gasteiger partial charge in [0.05, 0.1) is 17.3 Å². The average Bonchev–Trinajstić information content (AvgIpc) is 3.26. The fourth-order valence-corrected chi connectivity index (χ4v) is 4.55. The van der Waals surface area contributed by atoms with Gasteiger partial charge in [-0.05, 0) is 48.9 Å². The Bertz CT molecular complexity index is 1520. The SMILES string of the molecule is C[C@H](NS(=O)(=O)c1cc2cc(F)ccc2o1)C(=O)NCc1cccc(-c2ccc(C(F)(F)F)cn2)c1. The van der Waals surface area contributed by atoms with Crippen molar-refractivity contribution in [2.45, 2.75) is 30.8 Å². The maximum Gasteiger partial charge on any atom is 0.417 e. The topological polar surface area (TPSA) is 101 Å². The molecule has 0 fully saturated rings. The molecule has 7 nitrogen and oxygen atoms in total. The van der Waals surface area contributed by atoms with Crippen LogP contribution in [0.2, 0.25) is 0 Å². The molecule has 0 radical (unpaired) electrons. The first-order valence-corrected chi connectivity index (χ1v) is 12.0. The van der Waals surface area contributed by atoms with E-state index in [2.05, 4.69) is 15.0 Å². The molecule has 2 aromatic carbocycles. The molecular weight excluding hydrogens is 502 g/mol. The van der Waals surface area contributed by atoms with Gasteiger partial charge in [0, 0.05) is 29.8 Å². The Morgan fingerprint density at radius 2 is 1.86 bits per heavy atom. The van der Waals surface area contributed by atoms with Gasteiger partial charge in [-0.3, -0.25) is 9.78 Å². The van der Waals surface area contributed by atoms with E-state index < -0.39 is 44.6 Å². The van der Waals surface area contributed by atoms with Gasteiger partial charge in [-0.25, -0.2) is 12.8 Å². The number of nitrogens with one attached hydrogen (secondary N) is 2. The summed E-state index contributed by atoms with van der Waals surface area (Å²) >= 11 is 0. The number of amides is 1. The number of furan rings is 1. The van der Waals surface area contributed by atoms with Crippen molar-refractivity contribution < 1.29 is 35.2 Å². The Hall–Kier alpha value is -3.77. The van der Waals surface area contributed by atoms with E-state index in [0.29, 0.717) is 16.8 Å². The van der Waals surface area contributed by atoms with Crippen LogP contribution >= 0.6 is 0 Å². The molecule has 12 heteroatoms. The van der Waals surface area contributed by atoms with Gasteiger partial charge in [-0.15, -0.1) is 0 Å². The van der Waals surface area contributed by atoms with Crippen LogP contribution in [0.1, 0.15) is 18.1 Å². The van der Waals surface area contributed by atoms with Crippen LogP contribution in [0.4, 0.5) is 17.6 Å². The van der Waals surface area contributed by atoms with E-state index >= 15 is 0 Å². The number of alkyl halides is 3. The van der Waals surface area contributed by atoms with E-state index in [4.69, 9.17) is 4.42 Å². The van der Waals surface area contributed by atoms with Crippen molar-refractivity contribution >= 4 is 26.9 Å². The highest BCUT2D eigenvalue weighted by Crippen LogP contribution is 2.30. The van der Waals surface area contributed by atoms with Gasteiger partial charge < -0.3 is 9.73 Å². The van der Waals surface area contributed by atoms with Crippen molar-refractivity contribution in [3.63, 3.8) is 0 Å². The number of aromatic nitrogens is 1. The first kappa shape index (κ1) is 25.3. The second kappa shape index (κ2) is 9.70. The number of pyridine rings is 1. The second-order valence-corrected chi connectivity index (χ2v) is 9.58. The normalized spacial score (nSPS) is 13.0. The molecular formula is C24H19F4N3O4S. The largest absolute Gasteiger partial charge is 0.443 e. The summed E-state index contributed by atoms with van der Waals surface area (Å²) in [5, 5.41) is 2.40. The Labute approximate surface area is 203 Å². The number of carbonyl (C=O) groups is 1. The molecule has 2 heterocycles. The molecule has 0 aliphatic carbocycles. The zero-order valence-electron chi connectivity index (χ0n) is 18.6. The Kier molecular flexibility index (Phi) is 6.83. The summed E-state index contributed by atoms with van der Waals surface area (Å²) < 4.78 is 84.3. The van der Waals surface area contributed by atoms with Crippen LogP contribution in [-0.4, -0.2) is 25.4 Å². The third kappa shape index (κ3) is 5.71. The maximum absolute atomic E-state index is 13.4. The molecule has 0 aliphatic rings. The molecule has 0 saturated carbocycles. The molecule has 188 valence electrons. The number of hydrogen-bond acceptors (Lipinski definition) is 5. The van der Waals surface area contributed by atoms with Crippen molar-refractivity contribution in [3.05, 3.63) is 83.8 Å². The van der Waals surface area contributed by atoms with Crippen molar-refractivity contribution in [2.24, 2.45) is 0 Å². The van der Waals surface area contributed by atoms with Gasteiger partial charge in [0.25, 0.3) is 10.0 Å². The van der Waals surface area contributed by atoms with E-state index in [1.165, 1.54) is 19.1 Å². The zero-order chi connectivity index (χ0) is 26.1. The lowest BCUT2D eigenvalue weighted by Gasteiger charge is -2.14. The van der Waals surface area contributed by atoms with Crippen LogP contribution in [-0.2, 0) is 27.5 Å². The van der Waals surface area contributed by atoms with Gasteiger partial charge in [0.2, 0.25) is 11.0 Å². The Balaban J connectivity index is 1.39.